The normalized spacial score (nSPS) is 18.7. The summed E-state index contributed by atoms with van der Waals surface area (Å²) in [6, 6.07) is 0.561. The van der Waals surface area contributed by atoms with Crippen LogP contribution in [0.25, 0.3) is 0 Å². The monoisotopic (exact) mass is 252 g/mol. The van der Waals surface area contributed by atoms with Crippen molar-refractivity contribution in [1.29, 1.82) is 0 Å². The molecule has 1 unspecified atom stereocenters. The molecule has 1 saturated carbocycles. The molecule has 1 aliphatic carbocycles. The first-order valence-electron chi connectivity index (χ1n) is 6.50. The first kappa shape index (κ1) is 14.8. The fraction of sp³-hybridized carbons (Fsp3) is 1.00. The van der Waals surface area contributed by atoms with Crippen molar-refractivity contribution in [3.05, 3.63) is 0 Å². The van der Waals surface area contributed by atoms with E-state index >= 15 is 0 Å². The van der Waals surface area contributed by atoms with Crippen LogP contribution in [0.3, 0.4) is 0 Å². The Balaban J connectivity index is 2.44. The van der Waals surface area contributed by atoms with E-state index < -0.39 is 12.7 Å². The molecule has 2 nitrogen and oxygen atoms in total. The lowest BCUT2D eigenvalue weighted by Crippen LogP contribution is -2.46. The van der Waals surface area contributed by atoms with Crippen LogP contribution in [-0.2, 0) is 0 Å². The molecular formula is C12H23F3N2. The Hall–Kier alpha value is -0.290. The SMILES string of the molecule is CCCC(CNC1CC1)N(CC)CC(F)(F)F. The number of hydrogen-bond donors (Lipinski definition) is 1. The number of likely N-dealkylation sites (N-methyl/N-ethyl adjacent to an activating group) is 1. The third-order valence-corrected chi connectivity index (χ3v) is 3.15. The van der Waals surface area contributed by atoms with Crippen molar-refractivity contribution in [3.63, 3.8) is 0 Å². The van der Waals surface area contributed by atoms with Gasteiger partial charge in [0.1, 0.15) is 0 Å². The summed E-state index contributed by atoms with van der Waals surface area (Å²) in [6.07, 6.45) is -0.00885. The Kier molecular flexibility index (Phi) is 5.73. The molecule has 102 valence electrons. The molecule has 0 spiro atoms. The fourth-order valence-corrected chi connectivity index (χ4v) is 2.07. The van der Waals surface area contributed by atoms with Crippen LogP contribution in [0.1, 0.15) is 39.5 Å². The molecule has 0 amide bonds. The van der Waals surface area contributed by atoms with E-state index in [4.69, 9.17) is 0 Å². The van der Waals surface area contributed by atoms with Gasteiger partial charge in [-0.3, -0.25) is 4.90 Å². The van der Waals surface area contributed by atoms with E-state index in [9.17, 15) is 13.2 Å². The number of nitrogens with one attached hydrogen (secondary N) is 1. The number of rotatable bonds is 8. The van der Waals surface area contributed by atoms with Gasteiger partial charge in [0.15, 0.2) is 0 Å². The average molecular weight is 252 g/mol. The standard InChI is InChI=1S/C12H23F3N2/c1-3-5-11(8-16-10-6-7-10)17(4-2)9-12(13,14)15/h10-11,16H,3-9H2,1-2H3. The van der Waals surface area contributed by atoms with Gasteiger partial charge < -0.3 is 5.32 Å². The van der Waals surface area contributed by atoms with E-state index in [1.807, 2.05) is 6.92 Å². The minimum atomic E-state index is -4.10. The van der Waals surface area contributed by atoms with E-state index in [1.54, 1.807) is 11.8 Å². The summed E-state index contributed by atoms with van der Waals surface area (Å²) < 4.78 is 37.3. The molecular weight excluding hydrogens is 229 g/mol. The van der Waals surface area contributed by atoms with E-state index in [0.717, 1.165) is 12.8 Å². The predicted molar refractivity (Wildman–Crippen MR) is 63.0 cm³/mol. The topological polar surface area (TPSA) is 15.3 Å². The molecule has 0 aliphatic heterocycles. The summed E-state index contributed by atoms with van der Waals surface area (Å²) in [5, 5.41) is 3.33. The van der Waals surface area contributed by atoms with Crippen molar-refractivity contribution in [2.45, 2.75) is 57.8 Å². The van der Waals surface area contributed by atoms with Crippen LogP contribution in [0.5, 0.6) is 0 Å². The summed E-state index contributed by atoms with van der Waals surface area (Å²) in [5.41, 5.74) is 0. The van der Waals surface area contributed by atoms with E-state index in [-0.39, 0.29) is 6.04 Å². The molecule has 1 N–H and O–H groups in total. The van der Waals surface area contributed by atoms with Gasteiger partial charge in [-0.25, -0.2) is 0 Å². The molecule has 0 aromatic rings. The molecule has 5 heteroatoms. The Morgan fingerprint density at radius 2 is 1.94 bits per heavy atom. The molecule has 0 bridgehead atoms. The van der Waals surface area contributed by atoms with Crippen LogP contribution in [-0.4, -0.2) is 42.8 Å². The highest BCUT2D eigenvalue weighted by atomic mass is 19.4. The van der Waals surface area contributed by atoms with Crippen molar-refractivity contribution in [3.8, 4) is 0 Å². The predicted octanol–water partition coefficient (Wildman–Crippen LogP) is 2.79. The minimum Gasteiger partial charge on any atom is -0.312 e. The largest absolute Gasteiger partial charge is 0.401 e. The molecule has 0 radical (unpaired) electrons. The highest BCUT2D eigenvalue weighted by Gasteiger charge is 2.33. The molecule has 1 aliphatic rings. The van der Waals surface area contributed by atoms with Gasteiger partial charge in [-0.1, -0.05) is 20.3 Å². The number of nitrogens with zero attached hydrogens (tertiary/aromatic N) is 1. The molecule has 1 rings (SSSR count). The van der Waals surface area contributed by atoms with Crippen molar-refractivity contribution < 1.29 is 13.2 Å². The Morgan fingerprint density at radius 3 is 2.35 bits per heavy atom. The lowest BCUT2D eigenvalue weighted by molar-refractivity contribution is -0.150. The van der Waals surface area contributed by atoms with Crippen molar-refractivity contribution in [1.82, 2.24) is 10.2 Å². The van der Waals surface area contributed by atoms with Gasteiger partial charge in [-0.15, -0.1) is 0 Å². The van der Waals surface area contributed by atoms with Crippen LogP contribution >= 0.6 is 0 Å². The van der Waals surface area contributed by atoms with Crippen LogP contribution in [0.15, 0.2) is 0 Å². The van der Waals surface area contributed by atoms with Gasteiger partial charge in [0.05, 0.1) is 6.54 Å². The number of alkyl halides is 3. The van der Waals surface area contributed by atoms with Crippen LogP contribution < -0.4 is 5.32 Å². The van der Waals surface area contributed by atoms with Gasteiger partial charge in [-0.05, 0) is 25.8 Å². The van der Waals surface area contributed by atoms with E-state index in [0.29, 0.717) is 19.1 Å². The third-order valence-electron chi connectivity index (χ3n) is 3.15. The number of halogens is 3. The average Bonchev–Trinajstić information content (AvgIpc) is 3.03. The Labute approximate surface area is 102 Å². The molecule has 1 atom stereocenters. The van der Waals surface area contributed by atoms with Crippen molar-refractivity contribution >= 4 is 0 Å². The molecule has 17 heavy (non-hydrogen) atoms. The zero-order valence-electron chi connectivity index (χ0n) is 10.7. The van der Waals surface area contributed by atoms with Gasteiger partial charge in [-0.2, -0.15) is 13.2 Å². The zero-order valence-corrected chi connectivity index (χ0v) is 10.7. The highest BCUT2D eigenvalue weighted by molar-refractivity contribution is 4.84. The van der Waals surface area contributed by atoms with Gasteiger partial charge in [0.2, 0.25) is 0 Å². The smallest absolute Gasteiger partial charge is 0.312 e. The van der Waals surface area contributed by atoms with Crippen molar-refractivity contribution in [2.24, 2.45) is 0 Å². The second-order valence-corrected chi connectivity index (χ2v) is 4.80. The van der Waals surface area contributed by atoms with E-state index in [2.05, 4.69) is 5.32 Å². The van der Waals surface area contributed by atoms with Crippen LogP contribution in [0.4, 0.5) is 13.2 Å². The summed E-state index contributed by atoms with van der Waals surface area (Å²) >= 11 is 0. The maximum absolute atomic E-state index is 12.4. The maximum Gasteiger partial charge on any atom is 0.401 e. The molecule has 0 saturated heterocycles. The molecule has 0 heterocycles. The molecule has 0 aromatic heterocycles. The third kappa shape index (κ3) is 6.27. The maximum atomic E-state index is 12.4. The second-order valence-electron chi connectivity index (χ2n) is 4.80. The summed E-state index contributed by atoms with van der Waals surface area (Å²) in [6.45, 7) is 4.16. The quantitative estimate of drug-likeness (QED) is 0.714. The Bertz CT molecular complexity index is 214. The summed E-state index contributed by atoms with van der Waals surface area (Å²) in [5.74, 6) is 0. The first-order chi connectivity index (χ1) is 7.96. The first-order valence-corrected chi connectivity index (χ1v) is 6.50. The van der Waals surface area contributed by atoms with Gasteiger partial charge in [0.25, 0.3) is 0 Å². The van der Waals surface area contributed by atoms with Gasteiger partial charge in [0, 0.05) is 18.6 Å². The van der Waals surface area contributed by atoms with Crippen LogP contribution in [0.2, 0.25) is 0 Å². The van der Waals surface area contributed by atoms with E-state index in [1.165, 1.54) is 12.8 Å². The molecule has 0 aromatic carbocycles. The fourth-order valence-electron chi connectivity index (χ4n) is 2.07. The van der Waals surface area contributed by atoms with Gasteiger partial charge >= 0.3 is 6.18 Å². The zero-order chi connectivity index (χ0) is 12.9. The summed E-state index contributed by atoms with van der Waals surface area (Å²) in [7, 11) is 0. The Morgan fingerprint density at radius 1 is 1.29 bits per heavy atom. The van der Waals surface area contributed by atoms with Crippen LogP contribution in [0, 0.1) is 0 Å². The second kappa shape index (κ2) is 6.59. The molecule has 1 fully saturated rings. The summed E-state index contributed by atoms with van der Waals surface area (Å²) in [4.78, 5) is 1.54. The lowest BCUT2D eigenvalue weighted by atomic mass is 10.1. The lowest BCUT2D eigenvalue weighted by Gasteiger charge is -2.31. The van der Waals surface area contributed by atoms with Crippen molar-refractivity contribution in [2.75, 3.05) is 19.6 Å². The highest BCUT2D eigenvalue weighted by Crippen LogP contribution is 2.21. The number of hydrogen-bond acceptors (Lipinski definition) is 2. The minimum absolute atomic E-state index is 0.00669.